The summed E-state index contributed by atoms with van der Waals surface area (Å²) in [6.45, 7) is 4.74. The molecule has 136 valence electrons. The van der Waals surface area contributed by atoms with E-state index < -0.39 is 0 Å². The molecule has 25 heavy (non-hydrogen) atoms. The smallest absolute Gasteiger partial charge is 0.317 e. The van der Waals surface area contributed by atoms with Gasteiger partial charge in [0, 0.05) is 37.9 Å². The van der Waals surface area contributed by atoms with Crippen LogP contribution < -0.4 is 20.1 Å². The van der Waals surface area contributed by atoms with E-state index in [4.69, 9.17) is 9.47 Å². The predicted octanol–water partition coefficient (Wildman–Crippen LogP) is 0.740. The van der Waals surface area contributed by atoms with E-state index in [2.05, 4.69) is 15.5 Å². The number of nitrogens with one attached hydrogen (secondary N) is 2. The molecule has 2 aliphatic heterocycles. The lowest BCUT2D eigenvalue weighted by atomic mass is 10.0. The van der Waals surface area contributed by atoms with Crippen LogP contribution in [0.5, 0.6) is 11.5 Å². The second kappa shape index (κ2) is 7.18. The molecule has 3 amide bonds. The third kappa shape index (κ3) is 3.48. The Hall–Kier alpha value is -2.48. The van der Waals surface area contributed by atoms with Gasteiger partial charge in [-0.15, -0.1) is 0 Å². The topological polar surface area (TPSA) is 83.1 Å². The van der Waals surface area contributed by atoms with Gasteiger partial charge in [0.25, 0.3) is 0 Å². The van der Waals surface area contributed by atoms with E-state index in [0.29, 0.717) is 36.8 Å². The number of amides is 3. The van der Waals surface area contributed by atoms with Crippen LogP contribution in [-0.2, 0) is 4.79 Å². The zero-order valence-electron chi connectivity index (χ0n) is 14.7. The van der Waals surface area contributed by atoms with Gasteiger partial charge >= 0.3 is 6.03 Å². The van der Waals surface area contributed by atoms with Crippen molar-refractivity contribution in [2.24, 2.45) is 0 Å². The molecule has 1 aromatic carbocycles. The van der Waals surface area contributed by atoms with Gasteiger partial charge in [-0.3, -0.25) is 9.69 Å². The van der Waals surface area contributed by atoms with Crippen LogP contribution in [0.1, 0.15) is 6.92 Å². The highest BCUT2D eigenvalue weighted by atomic mass is 16.5. The SMILES string of the molecule is COc1ccc(NC(=O)[C@H](C)N2CC(N3CCNC3=O)C2)cc1OC. The molecule has 0 aliphatic carbocycles. The van der Waals surface area contributed by atoms with Crippen molar-refractivity contribution in [2.75, 3.05) is 45.7 Å². The number of rotatable bonds is 6. The molecule has 2 saturated heterocycles. The highest BCUT2D eigenvalue weighted by Crippen LogP contribution is 2.30. The van der Waals surface area contributed by atoms with Crippen LogP contribution in [0.2, 0.25) is 0 Å². The molecule has 1 atom stereocenters. The predicted molar refractivity (Wildman–Crippen MR) is 93.1 cm³/mol. The number of hydrogen-bond acceptors (Lipinski definition) is 5. The van der Waals surface area contributed by atoms with Gasteiger partial charge in [-0.05, 0) is 19.1 Å². The first-order valence-electron chi connectivity index (χ1n) is 8.35. The molecule has 3 rings (SSSR count). The lowest BCUT2D eigenvalue weighted by Crippen LogP contribution is -2.64. The zero-order chi connectivity index (χ0) is 18.0. The minimum Gasteiger partial charge on any atom is -0.493 e. The first kappa shape index (κ1) is 17.3. The van der Waals surface area contributed by atoms with Crippen LogP contribution >= 0.6 is 0 Å². The van der Waals surface area contributed by atoms with Crippen LogP contribution in [0.15, 0.2) is 18.2 Å². The van der Waals surface area contributed by atoms with Crippen LogP contribution in [0.3, 0.4) is 0 Å². The highest BCUT2D eigenvalue weighted by molar-refractivity contribution is 5.95. The minimum absolute atomic E-state index is 0.00733. The second-order valence-electron chi connectivity index (χ2n) is 6.27. The van der Waals surface area contributed by atoms with Crippen LogP contribution in [0, 0.1) is 0 Å². The summed E-state index contributed by atoms with van der Waals surface area (Å²) in [7, 11) is 3.12. The second-order valence-corrected chi connectivity index (χ2v) is 6.27. The number of carbonyl (C=O) groups is 2. The zero-order valence-corrected chi connectivity index (χ0v) is 14.7. The Bertz CT molecular complexity index is 660. The average molecular weight is 348 g/mol. The third-order valence-electron chi connectivity index (χ3n) is 4.80. The fraction of sp³-hybridized carbons (Fsp3) is 0.529. The van der Waals surface area contributed by atoms with Crippen LogP contribution in [-0.4, -0.2) is 74.2 Å². The van der Waals surface area contributed by atoms with Gasteiger partial charge in [0.15, 0.2) is 11.5 Å². The first-order valence-corrected chi connectivity index (χ1v) is 8.35. The largest absolute Gasteiger partial charge is 0.493 e. The summed E-state index contributed by atoms with van der Waals surface area (Å²) >= 11 is 0. The summed E-state index contributed by atoms with van der Waals surface area (Å²) < 4.78 is 10.4. The average Bonchev–Trinajstić information content (AvgIpc) is 2.99. The molecular formula is C17H24N4O4. The summed E-state index contributed by atoms with van der Waals surface area (Å²) in [6, 6.07) is 5.18. The van der Waals surface area contributed by atoms with E-state index in [9.17, 15) is 9.59 Å². The molecule has 0 unspecified atom stereocenters. The lowest BCUT2D eigenvalue weighted by molar-refractivity contribution is -0.123. The van der Waals surface area contributed by atoms with Gasteiger partial charge in [-0.25, -0.2) is 4.79 Å². The molecular weight excluding hydrogens is 324 g/mol. The Morgan fingerprint density at radius 1 is 1.28 bits per heavy atom. The number of likely N-dealkylation sites (tertiary alicyclic amines) is 1. The molecule has 0 aromatic heterocycles. The third-order valence-corrected chi connectivity index (χ3v) is 4.80. The Balaban J connectivity index is 1.54. The number of urea groups is 1. The number of nitrogens with zero attached hydrogens (tertiary/aromatic N) is 2. The Morgan fingerprint density at radius 3 is 2.60 bits per heavy atom. The Morgan fingerprint density at radius 2 is 2.00 bits per heavy atom. The summed E-state index contributed by atoms with van der Waals surface area (Å²) in [5.74, 6) is 1.09. The van der Waals surface area contributed by atoms with Gasteiger partial charge in [0.1, 0.15) is 0 Å². The summed E-state index contributed by atoms with van der Waals surface area (Å²) in [6.07, 6.45) is 0. The standard InChI is InChI=1S/C17H24N4O4/c1-11(20-9-13(10-20)21-7-6-18-17(21)23)16(22)19-12-4-5-14(24-2)15(8-12)25-3/h4-5,8,11,13H,6-7,9-10H2,1-3H3,(H,18,23)(H,19,22)/t11-/m0/s1. The number of hydrogen-bond donors (Lipinski definition) is 2. The van der Waals surface area contributed by atoms with E-state index in [1.807, 2.05) is 11.8 Å². The molecule has 0 radical (unpaired) electrons. The van der Waals surface area contributed by atoms with Crippen molar-refractivity contribution < 1.29 is 19.1 Å². The molecule has 2 aliphatic rings. The number of carbonyl (C=O) groups excluding carboxylic acids is 2. The number of ether oxygens (including phenoxy) is 2. The Kier molecular flexibility index (Phi) is 4.98. The number of anilines is 1. The lowest BCUT2D eigenvalue weighted by Gasteiger charge is -2.45. The van der Waals surface area contributed by atoms with Crippen LogP contribution in [0.25, 0.3) is 0 Å². The van der Waals surface area contributed by atoms with Gasteiger partial charge in [0.2, 0.25) is 5.91 Å². The molecule has 0 spiro atoms. The van der Waals surface area contributed by atoms with E-state index in [1.165, 1.54) is 0 Å². The Labute approximate surface area is 147 Å². The van der Waals surface area contributed by atoms with Gasteiger partial charge in [-0.2, -0.15) is 0 Å². The van der Waals surface area contributed by atoms with Crippen molar-refractivity contribution in [2.45, 2.75) is 19.0 Å². The molecule has 2 heterocycles. The van der Waals surface area contributed by atoms with E-state index in [-0.39, 0.29) is 24.0 Å². The fourth-order valence-corrected chi connectivity index (χ4v) is 3.16. The summed E-state index contributed by atoms with van der Waals surface area (Å²) in [5, 5.41) is 5.71. The van der Waals surface area contributed by atoms with E-state index in [1.54, 1.807) is 32.4 Å². The minimum atomic E-state index is -0.269. The molecule has 2 N–H and O–H groups in total. The number of benzene rings is 1. The van der Waals surface area contributed by atoms with Crippen molar-refractivity contribution in [1.82, 2.24) is 15.1 Å². The summed E-state index contributed by atoms with van der Waals surface area (Å²) in [5.41, 5.74) is 0.658. The van der Waals surface area contributed by atoms with Crippen molar-refractivity contribution in [3.63, 3.8) is 0 Å². The van der Waals surface area contributed by atoms with E-state index in [0.717, 1.165) is 6.54 Å². The molecule has 8 nitrogen and oxygen atoms in total. The molecule has 2 fully saturated rings. The van der Waals surface area contributed by atoms with Crippen molar-refractivity contribution >= 4 is 17.6 Å². The van der Waals surface area contributed by atoms with Gasteiger partial charge < -0.3 is 25.0 Å². The molecule has 0 saturated carbocycles. The van der Waals surface area contributed by atoms with Gasteiger partial charge in [0.05, 0.1) is 26.3 Å². The van der Waals surface area contributed by atoms with Crippen molar-refractivity contribution in [3.05, 3.63) is 18.2 Å². The monoisotopic (exact) mass is 348 g/mol. The van der Waals surface area contributed by atoms with Crippen molar-refractivity contribution in [1.29, 1.82) is 0 Å². The van der Waals surface area contributed by atoms with Gasteiger partial charge in [-0.1, -0.05) is 0 Å². The summed E-state index contributed by atoms with van der Waals surface area (Å²) in [4.78, 5) is 28.0. The van der Waals surface area contributed by atoms with Crippen LogP contribution in [0.4, 0.5) is 10.5 Å². The number of methoxy groups -OCH3 is 2. The quantitative estimate of drug-likeness (QED) is 0.792. The molecule has 0 bridgehead atoms. The highest BCUT2D eigenvalue weighted by Gasteiger charge is 2.40. The van der Waals surface area contributed by atoms with E-state index >= 15 is 0 Å². The first-order chi connectivity index (χ1) is 12.0. The maximum absolute atomic E-state index is 12.5. The fourth-order valence-electron chi connectivity index (χ4n) is 3.16. The molecule has 8 heteroatoms. The maximum Gasteiger partial charge on any atom is 0.317 e. The normalized spacial score (nSPS) is 19.2. The molecule has 1 aromatic rings. The van der Waals surface area contributed by atoms with Crippen molar-refractivity contribution in [3.8, 4) is 11.5 Å². The maximum atomic E-state index is 12.5.